The zero-order valence-electron chi connectivity index (χ0n) is 19.4. The SMILES string of the molecule is CC.Cc1ccc2c(c1)C=CC1CC(C)CCC1N2c1ccccc1-c1ccccc1. The Kier molecular flexibility index (Phi) is 6.61. The minimum absolute atomic E-state index is 0.510. The first-order valence-corrected chi connectivity index (χ1v) is 11.9. The van der Waals surface area contributed by atoms with Crippen molar-refractivity contribution in [2.75, 3.05) is 4.90 Å². The van der Waals surface area contributed by atoms with Gasteiger partial charge in [0, 0.05) is 23.0 Å². The Morgan fingerprint density at radius 3 is 2.35 bits per heavy atom. The molecule has 0 radical (unpaired) electrons. The molecule has 3 aromatic carbocycles. The van der Waals surface area contributed by atoms with E-state index in [1.54, 1.807) is 0 Å². The summed E-state index contributed by atoms with van der Waals surface area (Å²) in [6.45, 7) is 8.60. The summed E-state index contributed by atoms with van der Waals surface area (Å²) in [6, 6.07) is 27.2. The summed E-state index contributed by atoms with van der Waals surface area (Å²) in [4.78, 5) is 2.66. The molecular formula is C30H35N. The van der Waals surface area contributed by atoms with Gasteiger partial charge in [-0.25, -0.2) is 0 Å². The monoisotopic (exact) mass is 409 g/mol. The third-order valence-electron chi connectivity index (χ3n) is 6.67. The van der Waals surface area contributed by atoms with E-state index in [9.17, 15) is 0 Å². The number of nitrogens with zero attached hydrogens (tertiary/aromatic N) is 1. The molecule has 1 aliphatic carbocycles. The molecule has 1 fully saturated rings. The first-order valence-electron chi connectivity index (χ1n) is 11.9. The standard InChI is InChI=1S/C28H29N.C2H6/c1-20-12-16-26-23(18-20)14-15-24-19-21(2)13-17-27(24)29(26)28-11-7-6-10-25(28)22-8-4-3-5-9-22;1-2/h3-12,14-16,18,21,24,27H,13,17,19H2,1-2H3;1-2H3. The number of para-hydroxylation sites is 1. The number of fused-ring (bicyclic) bond motifs is 2. The number of aryl methyl sites for hydroxylation is 1. The minimum Gasteiger partial charge on any atom is -0.337 e. The van der Waals surface area contributed by atoms with Gasteiger partial charge in [-0.1, -0.05) is 93.1 Å². The zero-order valence-corrected chi connectivity index (χ0v) is 19.4. The van der Waals surface area contributed by atoms with Crippen molar-refractivity contribution in [2.24, 2.45) is 11.8 Å². The van der Waals surface area contributed by atoms with Crippen LogP contribution in [0.1, 0.15) is 51.2 Å². The summed E-state index contributed by atoms with van der Waals surface area (Å²) >= 11 is 0. The third-order valence-corrected chi connectivity index (χ3v) is 6.67. The van der Waals surface area contributed by atoms with Crippen LogP contribution in [0.5, 0.6) is 0 Å². The topological polar surface area (TPSA) is 3.24 Å². The van der Waals surface area contributed by atoms with Crippen LogP contribution in [0, 0.1) is 18.8 Å². The van der Waals surface area contributed by atoms with Crippen molar-refractivity contribution in [2.45, 2.75) is 53.0 Å². The molecule has 0 aromatic heterocycles. The van der Waals surface area contributed by atoms with Crippen LogP contribution in [-0.4, -0.2) is 6.04 Å². The maximum absolute atomic E-state index is 2.66. The fraction of sp³-hybridized carbons (Fsp3) is 0.333. The quantitative estimate of drug-likeness (QED) is 0.409. The highest BCUT2D eigenvalue weighted by Gasteiger charge is 2.35. The van der Waals surface area contributed by atoms with E-state index in [1.807, 2.05) is 13.8 Å². The van der Waals surface area contributed by atoms with Crippen LogP contribution in [0.25, 0.3) is 17.2 Å². The normalized spacial score (nSPS) is 21.9. The third kappa shape index (κ3) is 4.32. The molecule has 0 saturated heterocycles. The Bertz CT molecular complexity index is 1030. The first-order chi connectivity index (χ1) is 15.2. The Morgan fingerprint density at radius 1 is 0.806 bits per heavy atom. The highest BCUT2D eigenvalue weighted by atomic mass is 15.2. The van der Waals surface area contributed by atoms with Gasteiger partial charge in [-0.2, -0.15) is 0 Å². The molecule has 5 rings (SSSR count). The molecule has 3 aromatic rings. The molecule has 3 atom stereocenters. The summed E-state index contributed by atoms with van der Waals surface area (Å²) < 4.78 is 0. The molecule has 1 saturated carbocycles. The van der Waals surface area contributed by atoms with Crippen LogP contribution >= 0.6 is 0 Å². The molecule has 1 heteroatoms. The van der Waals surface area contributed by atoms with E-state index < -0.39 is 0 Å². The average molecular weight is 410 g/mol. The molecule has 1 aliphatic heterocycles. The van der Waals surface area contributed by atoms with Crippen molar-refractivity contribution in [3.63, 3.8) is 0 Å². The van der Waals surface area contributed by atoms with E-state index in [-0.39, 0.29) is 0 Å². The lowest BCUT2D eigenvalue weighted by Gasteiger charge is -2.42. The van der Waals surface area contributed by atoms with Crippen LogP contribution in [0.3, 0.4) is 0 Å². The molecule has 1 nitrogen and oxygen atoms in total. The molecule has 31 heavy (non-hydrogen) atoms. The number of benzene rings is 3. The lowest BCUT2D eigenvalue weighted by atomic mass is 9.78. The molecule has 0 spiro atoms. The number of anilines is 2. The molecule has 1 heterocycles. The maximum atomic E-state index is 2.66. The summed E-state index contributed by atoms with van der Waals surface area (Å²) in [5.74, 6) is 1.39. The summed E-state index contributed by atoms with van der Waals surface area (Å²) in [6.07, 6.45) is 8.69. The van der Waals surface area contributed by atoms with Crippen molar-refractivity contribution >= 4 is 17.5 Å². The Hall–Kier alpha value is -2.80. The van der Waals surface area contributed by atoms with Crippen LogP contribution in [0.4, 0.5) is 11.4 Å². The van der Waals surface area contributed by atoms with Crippen molar-refractivity contribution < 1.29 is 0 Å². The van der Waals surface area contributed by atoms with E-state index in [0.717, 1.165) is 5.92 Å². The molecule has 3 unspecified atom stereocenters. The van der Waals surface area contributed by atoms with Gasteiger partial charge < -0.3 is 4.90 Å². The van der Waals surface area contributed by atoms with Gasteiger partial charge in [0.05, 0.1) is 0 Å². The second kappa shape index (κ2) is 9.56. The predicted molar refractivity (Wildman–Crippen MR) is 136 cm³/mol. The largest absolute Gasteiger partial charge is 0.337 e. The van der Waals surface area contributed by atoms with Gasteiger partial charge in [-0.3, -0.25) is 0 Å². The fourth-order valence-electron chi connectivity index (χ4n) is 5.22. The van der Waals surface area contributed by atoms with Crippen molar-refractivity contribution in [1.82, 2.24) is 0 Å². The zero-order chi connectivity index (χ0) is 21.8. The Labute approximate surface area is 188 Å². The highest BCUT2D eigenvalue weighted by Crippen LogP contribution is 2.46. The molecule has 0 amide bonds. The second-order valence-electron chi connectivity index (χ2n) is 8.82. The average Bonchev–Trinajstić information content (AvgIpc) is 2.97. The van der Waals surface area contributed by atoms with Gasteiger partial charge in [0.2, 0.25) is 0 Å². The molecule has 160 valence electrons. The summed E-state index contributed by atoms with van der Waals surface area (Å²) in [5, 5.41) is 0. The lowest BCUT2D eigenvalue weighted by molar-refractivity contribution is 0.286. The van der Waals surface area contributed by atoms with Crippen molar-refractivity contribution in [3.8, 4) is 11.1 Å². The van der Waals surface area contributed by atoms with Crippen LogP contribution in [0.15, 0.2) is 78.9 Å². The maximum Gasteiger partial charge on any atom is 0.0493 e. The first kappa shape index (κ1) is 21.4. The number of hydrogen-bond acceptors (Lipinski definition) is 1. The minimum atomic E-state index is 0.510. The van der Waals surface area contributed by atoms with Gasteiger partial charge in [0.25, 0.3) is 0 Å². The van der Waals surface area contributed by atoms with E-state index in [4.69, 9.17) is 0 Å². The summed E-state index contributed by atoms with van der Waals surface area (Å²) in [5.41, 5.74) is 7.95. The van der Waals surface area contributed by atoms with Gasteiger partial charge in [-0.05, 0) is 67.3 Å². The smallest absolute Gasteiger partial charge is 0.0493 e. The Balaban J connectivity index is 0.00000112. The van der Waals surface area contributed by atoms with Crippen molar-refractivity contribution in [1.29, 1.82) is 0 Å². The lowest BCUT2D eigenvalue weighted by Crippen LogP contribution is -2.40. The van der Waals surface area contributed by atoms with Gasteiger partial charge in [-0.15, -0.1) is 0 Å². The van der Waals surface area contributed by atoms with E-state index in [2.05, 4.69) is 104 Å². The van der Waals surface area contributed by atoms with Gasteiger partial charge in [0.15, 0.2) is 0 Å². The fourth-order valence-corrected chi connectivity index (χ4v) is 5.22. The molecule has 0 bridgehead atoms. The van der Waals surface area contributed by atoms with Gasteiger partial charge in [0.1, 0.15) is 0 Å². The second-order valence-corrected chi connectivity index (χ2v) is 8.82. The van der Waals surface area contributed by atoms with E-state index in [0.29, 0.717) is 12.0 Å². The number of hydrogen-bond donors (Lipinski definition) is 0. The van der Waals surface area contributed by atoms with Crippen LogP contribution in [-0.2, 0) is 0 Å². The molecule has 0 N–H and O–H groups in total. The van der Waals surface area contributed by atoms with E-state index in [1.165, 1.54) is 52.9 Å². The van der Waals surface area contributed by atoms with Crippen LogP contribution in [0.2, 0.25) is 0 Å². The predicted octanol–water partition coefficient (Wildman–Crippen LogP) is 8.66. The van der Waals surface area contributed by atoms with E-state index >= 15 is 0 Å². The van der Waals surface area contributed by atoms with Gasteiger partial charge >= 0.3 is 0 Å². The molecule has 2 aliphatic rings. The highest BCUT2D eigenvalue weighted by molar-refractivity contribution is 5.86. The van der Waals surface area contributed by atoms with Crippen LogP contribution < -0.4 is 4.90 Å². The Morgan fingerprint density at radius 2 is 1.55 bits per heavy atom. The summed E-state index contributed by atoms with van der Waals surface area (Å²) in [7, 11) is 0. The molecular weight excluding hydrogens is 374 g/mol. The number of rotatable bonds is 2. The van der Waals surface area contributed by atoms with Crippen molar-refractivity contribution in [3.05, 3.63) is 90.0 Å².